The molecule has 1 aliphatic heterocycles. The molecule has 3 heterocycles. The molecule has 0 spiro atoms. The summed E-state index contributed by atoms with van der Waals surface area (Å²) in [5.74, 6) is 1.91. The minimum absolute atomic E-state index is 0.160. The van der Waals surface area contributed by atoms with E-state index >= 15 is 0 Å². The number of amides is 1. The zero-order chi connectivity index (χ0) is 16.9. The number of hydrogen-bond acceptors (Lipinski definition) is 4. The summed E-state index contributed by atoms with van der Waals surface area (Å²) < 4.78 is 0. The SMILES string of the molecule is Cc1ccnc(N[C@H]2C[C@H](N3C(=O)C(C)(C)c4cccnc43)C2)c1. The van der Waals surface area contributed by atoms with Gasteiger partial charge in [-0.3, -0.25) is 9.69 Å². The van der Waals surface area contributed by atoms with Crippen molar-refractivity contribution in [3.05, 3.63) is 47.8 Å². The first kappa shape index (κ1) is 15.1. The van der Waals surface area contributed by atoms with Gasteiger partial charge >= 0.3 is 0 Å². The second-order valence-corrected chi connectivity index (χ2v) is 7.36. The summed E-state index contributed by atoms with van der Waals surface area (Å²) in [4.78, 5) is 23.6. The zero-order valence-corrected chi connectivity index (χ0v) is 14.3. The minimum atomic E-state index is -0.486. The van der Waals surface area contributed by atoms with Crippen LogP contribution in [0.5, 0.6) is 0 Å². The summed E-state index contributed by atoms with van der Waals surface area (Å²) in [7, 11) is 0. The van der Waals surface area contributed by atoms with E-state index in [-0.39, 0.29) is 11.9 Å². The highest BCUT2D eigenvalue weighted by Crippen LogP contribution is 2.44. The molecule has 5 heteroatoms. The van der Waals surface area contributed by atoms with E-state index in [9.17, 15) is 4.79 Å². The van der Waals surface area contributed by atoms with E-state index in [1.54, 1.807) is 6.20 Å². The fourth-order valence-corrected chi connectivity index (χ4v) is 3.67. The molecular weight excluding hydrogens is 300 g/mol. The molecule has 24 heavy (non-hydrogen) atoms. The first-order valence-electron chi connectivity index (χ1n) is 8.45. The molecule has 0 radical (unpaired) electrons. The van der Waals surface area contributed by atoms with Crippen LogP contribution < -0.4 is 10.2 Å². The van der Waals surface area contributed by atoms with Gasteiger partial charge in [-0.2, -0.15) is 0 Å². The molecule has 1 saturated carbocycles. The number of fused-ring (bicyclic) bond motifs is 1. The average molecular weight is 322 g/mol. The summed E-state index contributed by atoms with van der Waals surface area (Å²) in [5.41, 5.74) is 1.74. The van der Waals surface area contributed by atoms with Gasteiger partial charge in [-0.1, -0.05) is 6.07 Å². The predicted octanol–water partition coefficient (Wildman–Crippen LogP) is 3.05. The Hall–Kier alpha value is -2.43. The number of carbonyl (C=O) groups excluding carboxylic acids is 1. The van der Waals surface area contributed by atoms with Crippen LogP contribution in [0, 0.1) is 6.92 Å². The van der Waals surface area contributed by atoms with Crippen molar-refractivity contribution in [3.63, 3.8) is 0 Å². The van der Waals surface area contributed by atoms with Crippen LogP contribution in [-0.2, 0) is 10.2 Å². The lowest BCUT2D eigenvalue weighted by Gasteiger charge is -2.41. The molecule has 2 aromatic heterocycles. The Labute approximate surface area is 142 Å². The van der Waals surface area contributed by atoms with E-state index in [1.807, 2.05) is 49.2 Å². The third-order valence-electron chi connectivity index (χ3n) is 5.19. The third-order valence-corrected chi connectivity index (χ3v) is 5.19. The van der Waals surface area contributed by atoms with Gasteiger partial charge in [0.2, 0.25) is 5.91 Å². The van der Waals surface area contributed by atoms with Crippen molar-refractivity contribution in [2.75, 3.05) is 10.2 Å². The first-order valence-corrected chi connectivity index (χ1v) is 8.45. The second kappa shape index (κ2) is 5.30. The minimum Gasteiger partial charge on any atom is -0.367 e. The third kappa shape index (κ3) is 2.27. The van der Waals surface area contributed by atoms with E-state index in [1.165, 1.54) is 5.56 Å². The maximum Gasteiger partial charge on any atom is 0.238 e. The van der Waals surface area contributed by atoms with Gasteiger partial charge in [0.25, 0.3) is 0 Å². The van der Waals surface area contributed by atoms with Crippen molar-refractivity contribution in [2.45, 2.75) is 51.1 Å². The molecule has 0 unspecified atom stereocenters. The van der Waals surface area contributed by atoms with Gasteiger partial charge in [-0.25, -0.2) is 9.97 Å². The standard InChI is InChI=1S/C19H22N4O/c1-12-6-8-20-16(9-12)22-13-10-14(11-13)23-17-15(5-4-7-21-17)19(2,3)18(23)24/h4-9,13-14H,10-11H2,1-3H3,(H,20,22)/t13-,14-. The number of hydrogen-bond donors (Lipinski definition) is 1. The van der Waals surface area contributed by atoms with E-state index in [2.05, 4.69) is 22.2 Å². The zero-order valence-electron chi connectivity index (χ0n) is 14.3. The lowest BCUT2D eigenvalue weighted by atomic mass is 9.84. The normalized spacial score (nSPS) is 24.5. The van der Waals surface area contributed by atoms with Crippen molar-refractivity contribution < 1.29 is 4.79 Å². The second-order valence-electron chi connectivity index (χ2n) is 7.36. The summed E-state index contributed by atoms with van der Waals surface area (Å²) in [6.45, 7) is 6.03. The quantitative estimate of drug-likeness (QED) is 0.943. The van der Waals surface area contributed by atoms with Crippen LogP contribution in [0.3, 0.4) is 0 Å². The number of pyridine rings is 2. The van der Waals surface area contributed by atoms with Crippen LogP contribution in [0.25, 0.3) is 0 Å². The summed E-state index contributed by atoms with van der Waals surface area (Å²) in [6.07, 6.45) is 5.44. The Morgan fingerprint density at radius 3 is 2.75 bits per heavy atom. The van der Waals surface area contributed by atoms with Crippen molar-refractivity contribution in [1.82, 2.24) is 9.97 Å². The van der Waals surface area contributed by atoms with E-state index in [0.717, 1.165) is 30.0 Å². The molecule has 0 atom stereocenters. The highest BCUT2D eigenvalue weighted by Gasteiger charge is 2.50. The predicted molar refractivity (Wildman–Crippen MR) is 94.2 cm³/mol. The van der Waals surface area contributed by atoms with Crippen molar-refractivity contribution in [3.8, 4) is 0 Å². The molecular formula is C19H22N4O. The summed E-state index contributed by atoms with van der Waals surface area (Å²) in [6, 6.07) is 8.54. The highest BCUT2D eigenvalue weighted by molar-refractivity contribution is 6.07. The van der Waals surface area contributed by atoms with Gasteiger partial charge in [0, 0.05) is 30.0 Å². The Kier molecular flexibility index (Phi) is 3.34. The molecule has 2 aliphatic rings. The number of nitrogens with zero attached hydrogens (tertiary/aromatic N) is 3. The Bertz CT molecular complexity index is 795. The van der Waals surface area contributed by atoms with E-state index < -0.39 is 5.41 Å². The molecule has 4 rings (SSSR count). The van der Waals surface area contributed by atoms with Crippen LogP contribution in [-0.4, -0.2) is 28.0 Å². The maximum atomic E-state index is 12.9. The van der Waals surface area contributed by atoms with Gasteiger partial charge in [0.1, 0.15) is 11.6 Å². The van der Waals surface area contributed by atoms with Crippen molar-refractivity contribution in [2.24, 2.45) is 0 Å². The van der Waals surface area contributed by atoms with Crippen LogP contribution in [0.4, 0.5) is 11.6 Å². The van der Waals surface area contributed by atoms with Gasteiger partial charge < -0.3 is 5.32 Å². The molecule has 5 nitrogen and oxygen atoms in total. The number of aromatic nitrogens is 2. The fraction of sp³-hybridized carbons (Fsp3) is 0.421. The topological polar surface area (TPSA) is 58.1 Å². The molecule has 0 bridgehead atoms. The average Bonchev–Trinajstić information content (AvgIpc) is 2.71. The van der Waals surface area contributed by atoms with Gasteiger partial charge in [-0.15, -0.1) is 0 Å². The van der Waals surface area contributed by atoms with E-state index in [4.69, 9.17) is 0 Å². The molecule has 1 N–H and O–H groups in total. The number of rotatable bonds is 3. The van der Waals surface area contributed by atoms with Gasteiger partial charge in [0.15, 0.2) is 0 Å². The Balaban J connectivity index is 1.48. The monoisotopic (exact) mass is 322 g/mol. The lowest BCUT2D eigenvalue weighted by Crippen LogP contribution is -2.53. The van der Waals surface area contributed by atoms with Crippen molar-refractivity contribution in [1.29, 1.82) is 0 Å². The molecule has 2 aromatic rings. The molecule has 0 aromatic carbocycles. The Morgan fingerprint density at radius 2 is 2.00 bits per heavy atom. The van der Waals surface area contributed by atoms with Gasteiger partial charge in [-0.05, 0) is 57.4 Å². The largest absolute Gasteiger partial charge is 0.367 e. The number of carbonyl (C=O) groups is 1. The Morgan fingerprint density at radius 1 is 1.21 bits per heavy atom. The number of nitrogens with one attached hydrogen (secondary N) is 1. The lowest BCUT2D eigenvalue weighted by molar-refractivity contribution is -0.122. The smallest absolute Gasteiger partial charge is 0.238 e. The molecule has 1 fully saturated rings. The molecule has 0 saturated heterocycles. The first-order chi connectivity index (χ1) is 11.5. The summed E-state index contributed by atoms with van der Waals surface area (Å²) in [5, 5.41) is 3.46. The van der Waals surface area contributed by atoms with Crippen LogP contribution in [0.15, 0.2) is 36.7 Å². The maximum absolute atomic E-state index is 12.9. The molecule has 1 aliphatic carbocycles. The van der Waals surface area contributed by atoms with Crippen LogP contribution >= 0.6 is 0 Å². The van der Waals surface area contributed by atoms with E-state index in [0.29, 0.717) is 6.04 Å². The highest BCUT2D eigenvalue weighted by atomic mass is 16.2. The van der Waals surface area contributed by atoms with Crippen LogP contribution in [0.1, 0.15) is 37.8 Å². The van der Waals surface area contributed by atoms with Crippen molar-refractivity contribution >= 4 is 17.5 Å². The summed E-state index contributed by atoms with van der Waals surface area (Å²) >= 11 is 0. The number of aryl methyl sites for hydroxylation is 1. The molecule has 124 valence electrons. The van der Waals surface area contributed by atoms with Gasteiger partial charge in [0.05, 0.1) is 5.41 Å². The fourth-order valence-electron chi connectivity index (χ4n) is 3.67. The number of anilines is 2. The molecule has 1 amide bonds. The van der Waals surface area contributed by atoms with Crippen LogP contribution in [0.2, 0.25) is 0 Å².